The van der Waals surface area contributed by atoms with Gasteiger partial charge in [0.05, 0.1) is 11.4 Å². The number of aromatic nitrogens is 4. The fraction of sp³-hybridized carbons (Fsp3) is 0. The van der Waals surface area contributed by atoms with E-state index in [9.17, 15) is 0 Å². The Bertz CT molecular complexity index is 2800. The molecule has 0 fully saturated rings. The van der Waals surface area contributed by atoms with E-state index >= 15 is 0 Å². The van der Waals surface area contributed by atoms with E-state index in [-0.39, 0.29) is 0 Å². The van der Waals surface area contributed by atoms with Crippen LogP contribution < -0.4 is 0 Å². The number of benzene rings is 7. The van der Waals surface area contributed by atoms with Crippen molar-refractivity contribution in [3.05, 3.63) is 207 Å². The first-order valence-electron chi connectivity index (χ1n) is 18.7. The van der Waals surface area contributed by atoms with Crippen LogP contribution in [0.4, 0.5) is 0 Å². The second-order valence-corrected chi connectivity index (χ2v) is 14.0. The average Bonchev–Trinajstić information content (AvgIpc) is 3.29. The molecule has 56 heavy (non-hydrogen) atoms. The van der Waals surface area contributed by atoms with E-state index in [1.54, 1.807) is 12.4 Å². The van der Waals surface area contributed by atoms with E-state index in [1.165, 1.54) is 21.5 Å². The molecule has 0 aliphatic heterocycles. The maximum atomic E-state index is 5.32. The lowest BCUT2D eigenvalue weighted by atomic mass is 9.93. The molecule has 0 aliphatic carbocycles. The summed E-state index contributed by atoms with van der Waals surface area (Å²) in [4.78, 5) is 19.3. The minimum atomic E-state index is 0.667. The predicted molar refractivity (Wildman–Crippen MR) is 231 cm³/mol. The lowest BCUT2D eigenvalue weighted by Crippen LogP contribution is -1.97. The normalized spacial score (nSPS) is 11.2. The fourth-order valence-electron chi connectivity index (χ4n) is 7.44. The van der Waals surface area contributed by atoms with Gasteiger partial charge in [0.1, 0.15) is 0 Å². The maximum absolute atomic E-state index is 5.32. The van der Waals surface area contributed by atoms with Gasteiger partial charge in [0, 0.05) is 41.5 Å². The quantitative estimate of drug-likeness (QED) is 0.165. The molecule has 0 atom stereocenters. The van der Waals surface area contributed by atoms with Crippen molar-refractivity contribution in [3.8, 4) is 78.4 Å². The summed E-state index contributed by atoms with van der Waals surface area (Å²) in [5.41, 5.74) is 13.6. The molecule has 10 rings (SSSR count). The highest BCUT2D eigenvalue weighted by Gasteiger charge is 2.15. The van der Waals surface area contributed by atoms with Gasteiger partial charge in [0.2, 0.25) is 0 Å². The molecule has 4 nitrogen and oxygen atoms in total. The van der Waals surface area contributed by atoms with E-state index in [4.69, 9.17) is 9.97 Å². The third-order valence-electron chi connectivity index (χ3n) is 10.4. The van der Waals surface area contributed by atoms with Gasteiger partial charge in [0.25, 0.3) is 0 Å². The molecule has 10 aromatic rings. The Morgan fingerprint density at radius 3 is 1.07 bits per heavy atom. The molecule has 0 bridgehead atoms. The van der Waals surface area contributed by atoms with Crippen LogP contribution in [0.5, 0.6) is 0 Å². The summed E-state index contributed by atoms with van der Waals surface area (Å²) in [7, 11) is 0. The van der Waals surface area contributed by atoms with Gasteiger partial charge < -0.3 is 0 Å². The van der Waals surface area contributed by atoms with Crippen LogP contribution >= 0.6 is 0 Å². The van der Waals surface area contributed by atoms with Crippen LogP contribution in [-0.4, -0.2) is 19.9 Å². The molecule has 7 aromatic carbocycles. The van der Waals surface area contributed by atoms with E-state index < -0.39 is 0 Å². The van der Waals surface area contributed by atoms with Crippen LogP contribution in [0.15, 0.2) is 207 Å². The molecule has 0 aliphatic rings. The Hall–Kier alpha value is -7.56. The second kappa shape index (κ2) is 14.3. The summed E-state index contributed by atoms with van der Waals surface area (Å²) in [6.45, 7) is 0. The SMILES string of the molecule is c1cncc(-c2ccc(-c3cc(-c4ccc(-c5cccnc5)cc4)cc(-c4nc(-c5ccc6ccccc6c5)cc(-c5ccc6ccccc6c5)n4)c3)cc2)c1. The highest BCUT2D eigenvalue weighted by atomic mass is 14.9. The lowest BCUT2D eigenvalue weighted by molar-refractivity contribution is 1.18. The van der Waals surface area contributed by atoms with Gasteiger partial charge in [-0.1, -0.05) is 133 Å². The third kappa shape index (κ3) is 6.61. The zero-order valence-electron chi connectivity index (χ0n) is 30.4. The highest BCUT2D eigenvalue weighted by molar-refractivity contribution is 5.90. The molecule has 0 spiro atoms. The second-order valence-electron chi connectivity index (χ2n) is 14.0. The number of hydrogen-bond acceptors (Lipinski definition) is 4. The van der Waals surface area contributed by atoms with Crippen LogP contribution in [-0.2, 0) is 0 Å². The predicted octanol–water partition coefficient (Wildman–Crippen LogP) is 13.2. The van der Waals surface area contributed by atoms with Gasteiger partial charge in [0.15, 0.2) is 5.82 Å². The van der Waals surface area contributed by atoms with Gasteiger partial charge in [-0.25, -0.2) is 9.97 Å². The molecule has 0 unspecified atom stereocenters. The van der Waals surface area contributed by atoms with Crippen LogP contribution in [0.3, 0.4) is 0 Å². The van der Waals surface area contributed by atoms with Crippen molar-refractivity contribution < 1.29 is 0 Å². The van der Waals surface area contributed by atoms with Gasteiger partial charge in [-0.05, 0) is 115 Å². The first-order valence-corrected chi connectivity index (χ1v) is 18.7. The van der Waals surface area contributed by atoms with Crippen LogP contribution in [0.2, 0.25) is 0 Å². The monoisotopic (exact) mass is 714 g/mol. The molecule has 0 saturated carbocycles. The van der Waals surface area contributed by atoms with Crippen molar-refractivity contribution in [3.63, 3.8) is 0 Å². The Labute approximate surface area is 325 Å². The topological polar surface area (TPSA) is 51.6 Å². The number of pyridine rings is 2. The van der Waals surface area contributed by atoms with Crippen LogP contribution in [0, 0.1) is 0 Å². The highest BCUT2D eigenvalue weighted by Crippen LogP contribution is 2.36. The van der Waals surface area contributed by atoms with Gasteiger partial charge >= 0.3 is 0 Å². The summed E-state index contributed by atoms with van der Waals surface area (Å²) in [6.07, 6.45) is 7.40. The van der Waals surface area contributed by atoms with Crippen molar-refractivity contribution in [2.45, 2.75) is 0 Å². The summed E-state index contributed by atoms with van der Waals surface area (Å²) in [6, 6.07) is 64.3. The van der Waals surface area contributed by atoms with E-state index in [0.717, 1.165) is 72.6 Å². The molecule has 0 radical (unpaired) electrons. The number of nitrogens with zero attached hydrogens (tertiary/aromatic N) is 4. The molecule has 3 heterocycles. The Balaban J connectivity index is 1.15. The van der Waals surface area contributed by atoms with Gasteiger partial charge in [-0.15, -0.1) is 0 Å². The molecule has 0 amide bonds. The van der Waals surface area contributed by atoms with Crippen LogP contribution in [0.25, 0.3) is 100.0 Å². The van der Waals surface area contributed by atoms with Crippen molar-refractivity contribution in [1.29, 1.82) is 0 Å². The number of rotatable bonds is 7. The molecule has 4 heteroatoms. The standard InChI is InChI=1S/C52H34N4/c1-3-9-41-27-43(23-21-35(41)7-1)50-32-51(44-24-22-36-8-2-4-10-42(36)28-44)56-52(55-50)49-30-47(39-17-13-37(14-18-39)45-11-5-25-53-33-45)29-48(31-49)40-19-15-38(16-20-40)46-12-6-26-54-34-46/h1-34H. The van der Waals surface area contributed by atoms with Crippen molar-refractivity contribution in [1.82, 2.24) is 19.9 Å². The maximum Gasteiger partial charge on any atom is 0.160 e. The van der Waals surface area contributed by atoms with Crippen molar-refractivity contribution in [2.75, 3.05) is 0 Å². The fourth-order valence-corrected chi connectivity index (χ4v) is 7.44. The van der Waals surface area contributed by atoms with Gasteiger partial charge in [-0.3, -0.25) is 9.97 Å². The van der Waals surface area contributed by atoms with E-state index in [1.807, 2.05) is 24.5 Å². The van der Waals surface area contributed by atoms with Gasteiger partial charge in [-0.2, -0.15) is 0 Å². The van der Waals surface area contributed by atoms with Crippen LogP contribution in [0.1, 0.15) is 0 Å². The summed E-state index contributed by atoms with van der Waals surface area (Å²) >= 11 is 0. The lowest BCUT2D eigenvalue weighted by Gasteiger charge is -2.14. The van der Waals surface area contributed by atoms with Crippen molar-refractivity contribution in [2.24, 2.45) is 0 Å². The molecule has 262 valence electrons. The summed E-state index contributed by atoms with van der Waals surface area (Å²) in [5, 5.41) is 4.74. The third-order valence-corrected chi connectivity index (χ3v) is 10.4. The first-order chi connectivity index (χ1) is 27.7. The zero-order valence-corrected chi connectivity index (χ0v) is 30.4. The first kappa shape index (κ1) is 33.0. The zero-order chi connectivity index (χ0) is 37.3. The molecule has 0 saturated heterocycles. The largest absolute Gasteiger partial charge is 0.264 e. The summed E-state index contributed by atoms with van der Waals surface area (Å²) in [5.74, 6) is 0.667. The molecule has 0 N–H and O–H groups in total. The molecular formula is C52H34N4. The molecule has 3 aromatic heterocycles. The summed E-state index contributed by atoms with van der Waals surface area (Å²) < 4.78 is 0. The molecular weight excluding hydrogens is 681 g/mol. The van der Waals surface area contributed by atoms with Crippen molar-refractivity contribution >= 4 is 21.5 Å². The number of hydrogen-bond donors (Lipinski definition) is 0. The Morgan fingerprint density at radius 2 is 0.643 bits per heavy atom. The minimum Gasteiger partial charge on any atom is -0.264 e. The smallest absolute Gasteiger partial charge is 0.160 e. The number of fused-ring (bicyclic) bond motifs is 2. The Kier molecular flexibility index (Phi) is 8.47. The average molecular weight is 715 g/mol. The van der Waals surface area contributed by atoms with E-state index in [2.05, 4.69) is 180 Å². The van der Waals surface area contributed by atoms with E-state index in [0.29, 0.717) is 5.82 Å². The Morgan fingerprint density at radius 1 is 0.250 bits per heavy atom. The minimum absolute atomic E-state index is 0.667.